The van der Waals surface area contributed by atoms with Gasteiger partial charge in [0.2, 0.25) is 0 Å². The summed E-state index contributed by atoms with van der Waals surface area (Å²) in [5.74, 6) is -0.984. The summed E-state index contributed by atoms with van der Waals surface area (Å²) in [6.45, 7) is 1.50. The monoisotopic (exact) mass is 452 g/mol. The molecule has 1 N–H and O–H groups in total. The van der Waals surface area contributed by atoms with Gasteiger partial charge in [0, 0.05) is 19.2 Å². The number of hydrogen-bond acceptors (Lipinski definition) is 4. The highest BCUT2D eigenvalue weighted by molar-refractivity contribution is 7.92. The second-order valence-corrected chi connectivity index (χ2v) is 8.74. The minimum atomic E-state index is -5.05. The van der Waals surface area contributed by atoms with Crippen LogP contribution in [0.4, 0.5) is 23.2 Å². The van der Waals surface area contributed by atoms with E-state index in [4.69, 9.17) is 16.3 Å². The van der Waals surface area contributed by atoms with Gasteiger partial charge in [-0.15, -0.1) is 0 Å². The molecule has 1 heterocycles. The van der Waals surface area contributed by atoms with Gasteiger partial charge < -0.3 is 9.64 Å². The zero-order chi connectivity index (χ0) is 21.4. The van der Waals surface area contributed by atoms with Gasteiger partial charge in [-0.3, -0.25) is 4.72 Å². The van der Waals surface area contributed by atoms with Crippen molar-refractivity contribution < 1.29 is 30.7 Å². The molecule has 0 aromatic heterocycles. The highest BCUT2D eigenvalue weighted by Crippen LogP contribution is 2.36. The molecule has 1 atom stereocenters. The second kappa shape index (κ2) is 8.00. The Bertz CT molecular complexity index is 1010. The van der Waals surface area contributed by atoms with Crippen LogP contribution in [0.3, 0.4) is 0 Å². The topological polar surface area (TPSA) is 58.6 Å². The molecule has 1 aliphatic heterocycles. The Morgan fingerprint density at radius 2 is 1.93 bits per heavy atom. The zero-order valence-corrected chi connectivity index (χ0v) is 16.7. The molecule has 0 bridgehead atoms. The standard InChI is InChI=1S/C18H17ClF4N2O3S/c1-25-7-6-13(10-25)28-16-9-12(3-4-15(16)19)24-29(26,27)17-5-2-11(20)8-14(17)18(21,22)23/h2-5,8-9,13,24H,6-7,10H2,1H3. The Balaban J connectivity index is 1.89. The number of halogens is 5. The van der Waals surface area contributed by atoms with Gasteiger partial charge in [-0.1, -0.05) is 11.6 Å². The van der Waals surface area contributed by atoms with E-state index in [9.17, 15) is 26.0 Å². The van der Waals surface area contributed by atoms with Gasteiger partial charge >= 0.3 is 6.18 Å². The molecule has 3 rings (SSSR count). The number of likely N-dealkylation sites (tertiary alicyclic amines) is 1. The number of ether oxygens (including phenoxy) is 1. The molecule has 0 saturated carbocycles. The Morgan fingerprint density at radius 3 is 2.55 bits per heavy atom. The molecule has 158 valence electrons. The third-order valence-corrected chi connectivity index (χ3v) is 6.11. The first-order chi connectivity index (χ1) is 13.5. The van der Waals surface area contributed by atoms with Crippen molar-refractivity contribution in [1.82, 2.24) is 4.90 Å². The lowest BCUT2D eigenvalue weighted by Crippen LogP contribution is -2.22. The van der Waals surface area contributed by atoms with Crippen molar-refractivity contribution >= 4 is 27.3 Å². The van der Waals surface area contributed by atoms with Crippen molar-refractivity contribution in [3.05, 3.63) is 52.8 Å². The molecular formula is C18H17ClF4N2O3S. The van der Waals surface area contributed by atoms with Gasteiger partial charge in [0.05, 0.1) is 21.2 Å². The van der Waals surface area contributed by atoms with Crippen LogP contribution in [0, 0.1) is 5.82 Å². The maximum Gasteiger partial charge on any atom is 0.417 e. The van der Waals surface area contributed by atoms with Crippen LogP contribution in [0.15, 0.2) is 41.3 Å². The van der Waals surface area contributed by atoms with Gasteiger partial charge in [0.15, 0.2) is 0 Å². The molecule has 2 aromatic rings. The summed E-state index contributed by atoms with van der Waals surface area (Å²) in [4.78, 5) is 0.972. The van der Waals surface area contributed by atoms with Crippen LogP contribution in [0.1, 0.15) is 12.0 Å². The van der Waals surface area contributed by atoms with E-state index < -0.39 is 32.5 Å². The van der Waals surface area contributed by atoms with Crippen molar-refractivity contribution in [3.63, 3.8) is 0 Å². The third-order valence-electron chi connectivity index (χ3n) is 4.36. The molecule has 0 aliphatic carbocycles. The Labute approximate surface area is 170 Å². The minimum Gasteiger partial charge on any atom is -0.487 e. The number of sulfonamides is 1. The van der Waals surface area contributed by atoms with Crippen LogP contribution in [0.5, 0.6) is 5.75 Å². The summed E-state index contributed by atoms with van der Waals surface area (Å²) in [7, 11) is -2.73. The van der Waals surface area contributed by atoms with Gasteiger partial charge in [-0.25, -0.2) is 12.8 Å². The smallest absolute Gasteiger partial charge is 0.417 e. The molecule has 5 nitrogen and oxygen atoms in total. The first-order valence-corrected chi connectivity index (χ1v) is 10.4. The van der Waals surface area contributed by atoms with Gasteiger partial charge in [-0.05, 0) is 43.8 Å². The molecule has 29 heavy (non-hydrogen) atoms. The molecule has 0 radical (unpaired) electrons. The van der Waals surface area contributed by atoms with E-state index in [1.807, 2.05) is 7.05 Å². The van der Waals surface area contributed by atoms with E-state index >= 15 is 0 Å². The fourth-order valence-electron chi connectivity index (χ4n) is 3.00. The van der Waals surface area contributed by atoms with Crippen LogP contribution in [-0.4, -0.2) is 39.6 Å². The number of likely N-dealkylation sites (N-methyl/N-ethyl adjacent to an activating group) is 1. The Morgan fingerprint density at radius 1 is 1.21 bits per heavy atom. The maximum atomic E-state index is 13.3. The molecule has 1 aliphatic rings. The lowest BCUT2D eigenvalue weighted by molar-refractivity contribution is -0.140. The summed E-state index contributed by atoms with van der Waals surface area (Å²) < 4.78 is 85.7. The summed E-state index contributed by atoms with van der Waals surface area (Å²) in [5.41, 5.74) is -1.63. The van der Waals surface area contributed by atoms with Crippen LogP contribution in [0.2, 0.25) is 5.02 Å². The van der Waals surface area contributed by atoms with E-state index in [-0.39, 0.29) is 28.6 Å². The van der Waals surface area contributed by atoms with E-state index in [2.05, 4.69) is 9.62 Å². The molecule has 2 aromatic carbocycles. The largest absolute Gasteiger partial charge is 0.487 e. The molecule has 0 spiro atoms. The van der Waals surface area contributed by atoms with Crippen molar-refractivity contribution in [2.45, 2.75) is 23.6 Å². The van der Waals surface area contributed by atoms with Crippen molar-refractivity contribution in [1.29, 1.82) is 0 Å². The summed E-state index contributed by atoms with van der Waals surface area (Å²) in [6.07, 6.45) is -4.43. The predicted octanol–water partition coefficient (Wildman–Crippen LogP) is 4.38. The number of nitrogens with one attached hydrogen (secondary N) is 1. The molecule has 11 heteroatoms. The first-order valence-electron chi connectivity index (χ1n) is 8.50. The number of benzene rings is 2. The van der Waals surface area contributed by atoms with E-state index in [1.54, 1.807) is 0 Å². The molecule has 1 unspecified atom stereocenters. The predicted molar refractivity (Wildman–Crippen MR) is 100 cm³/mol. The highest BCUT2D eigenvalue weighted by atomic mass is 35.5. The highest BCUT2D eigenvalue weighted by Gasteiger charge is 2.37. The van der Waals surface area contributed by atoms with Crippen LogP contribution in [-0.2, 0) is 16.2 Å². The number of anilines is 1. The van der Waals surface area contributed by atoms with Gasteiger partial charge in [0.25, 0.3) is 10.0 Å². The zero-order valence-electron chi connectivity index (χ0n) is 15.1. The fourth-order valence-corrected chi connectivity index (χ4v) is 4.42. The molecular weight excluding hydrogens is 436 g/mol. The lowest BCUT2D eigenvalue weighted by atomic mass is 10.2. The van der Waals surface area contributed by atoms with E-state index in [1.165, 1.54) is 18.2 Å². The van der Waals surface area contributed by atoms with Crippen molar-refractivity contribution in [2.75, 3.05) is 24.9 Å². The molecule has 0 amide bonds. The molecule has 1 fully saturated rings. The third kappa shape index (κ3) is 5.12. The number of hydrogen-bond donors (Lipinski definition) is 1. The number of nitrogens with zero attached hydrogens (tertiary/aromatic N) is 1. The van der Waals surface area contributed by atoms with Gasteiger partial charge in [0.1, 0.15) is 17.7 Å². The summed E-state index contributed by atoms with van der Waals surface area (Å²) in [5, 5.41) is 0.236. The van der Waals surface area contributed by atoms with Crippen LogP contribution in [0.25, 0.3) is 0 Å². The Hall–Kier alpha value is -2.04. The number of alkyl halides is 3. The minimum absolute atomic E-state index is 0.0341. The maximum absolute atomic E-state index is 13.3. The lowest BCUT2D eigenvalue weighted by Gasteiger charge is -2.17. The average Bonchev–Trinajstić information content (AvgIpc) is 3.01. The van der Waals surface area contributed by atoms with Crippen LogP contribution >= 0.6 is 11.6 Å². The van der Waals surface area contributed by atoms with Crippen molar-refractivity contribution in [3.8, 4) is 5.75 Å². The fraction of sp³-hybridized carbons (Fsp3) is 0.333. The normalized spacial score (nSPS) is 18.1. The Kier molecular flexibility index (Phi) is 5.98. The molecule has 1 saturated heterocycles. The van der Waals surface area contributed by atoms with E-state index in [0.717, 1.165) is 13.0 Å². The summed E-state index contributed by atoms with van der Waals surface area (Å²) in [6, 6.07) is 5.34. The quantitative estimate of drug-likeness (QED) is 0.684. The van der Waals surface area contributed by atoms with E-state index in [0.29, 0.717) is 18.7 Å². The number of rotatable bonds is 5. The SMILES string of the molecule is CN1CCC(Oc2cc(NS(=O)(=O)c3ccc(F)cc3C(F)(F)F)ccc2Cl)C1. The second-order valence-electron chi connectivity index (χ2n) is 6.68. The first kappa shape index (κ1) is 21.7. The average molecular weight is 453 g/mol. The van der Waals surface area contributed by atoms with Gasteiger partial charge in [-0.2, -0.15) is 13.2 Å². The van der Waals surface area contributed by atoms with Crippen molar-refractivity contribution in [2.24, 2.45) is 0 Å². The summed E-state index contributed by atoms with van der Waals surface area (Å²) >= 11 is 6.10. The van der Waals surface area contributed by atoms with Crippen LogP contribution < -0.4 is 9.46 Å².